The Morgan fingerprint density at radius 1 is 1.37 bits per heavy atom. The smallest absolute Gasteiger partial charge is 0.236 e. The third kappa shape index (κ3) is 5.63. The van der Waals surface area contributed by atoms with Gasteiger partial charge in [0.1, 0.15) is 17.1 Å². The van der Waals surface area contributed by atoms with E-state index in [1.54, 1.807) is 17.6 Å². The van der Waals surface area contributed by atoms with Crippen molar-refractivity contribution in [3.8, 4) is 10.8 Å². The van der Waals surface area contributed by atoms with Gasteiger partial charge in [-0.05, 0) is 24.4 Å². The van der Waals surface area contributed by atoms with E-state index in [4.69, 9.17) is 27.6 Å². The highest BCUT2D eigenvalue weighted by Crippen LogP contribution is 2.25. The van der Waals surface area contributed by atoms with Crippen molar-refractivity contribution in [2.45, 2.75) is 20.0 Å². The first kappa shape index (κ1) is 22.1. The average molecular weight is 540 g/mol. The molecule has 0 unspecified atom stereocenters. The maximum absolute atomic E-state index is 6.10. The number of halogens is 3. The lowest BCUT2D eigenvalue weighted by molar-refractivity contribution is 0.574. The van der Waals surface area contributed by atoms with Crippen molar-refractivity contribution in [1.82, 2.24) is 20.2 Å². The first-order chi connectivity index (χ1) is 12.6. The summed E-state index contributed by atoms with van der Waals surface area (Å²) in [5.74, 6) is 1.30. The second-order valence-electron chi connectivity index (χ2n) is 5.50. The van der Waals surface area contributed by atoms with Gasteiger partial charge < -0.3 is 19.6 Å². The molecule has 3 aromatic heterocycles. The third-order valence-electron chi connectivity index (χ3n) is 3.68. The topological polar surface area (TPSA) is 67.4 Å². The Morgan fingerprint density at radius 3 is 2.81 bits per heavy atom. The highest BCUT2D eigenvalue weighted by atomic mass is 127. The molecule has 10 heteroatoms. The highest BCUT2D eigenvalue weighted by molar-refractivity contribution is 14.0. The van der Waals surface area contributed by atoms with Gasteiger partial charge in [-0.1, -0.05) is 29.3 Å². The monoisotopic (exact) mass is 539 g/mol. The fraction of sp³-hybridized carbons (Fsp3) is 0.294. The van der Waals surface area contributed by atoms with Crippen LogP contribution in [0.1, 0.15) is 18.3 Å². The molecular weight excluding hydrogens is 520 g/mol. The Balaban J connectivity index is 0.00000261. The van der Waals surface area contributed by atoms with Crippen LogP contribution in [0.3, 0.4) is 0 Å². The molecule has 0 saturated carbocycles. The molecule has 2 N–H and O–H groups in total. The Labute approximate surface area is 189 Å². The molecule has 3 heterocycles. The molecule has 0 aliphatic carbocycles. The number of hydrogen-bond donors (Lipinski definition) is 2. The highest BCUT2D eigenvalue weighted by Gasteiger charge is 2.10. The standard InChI is InChI=1S/C17H19Cl2N5OS.HI/c1-3-20-17(22-9-12-7-13(18)15(19)24(12)2)21-8-11-10-25-16(23-11)14-5-4-6-26-14;/h4-7,10H,3,8-9H2,1-2H3,(H2,20,21,22);1H. The molecule has 6 nitrogen and oxygen atoms in total. The van der Waals surface area contributed by atoms with E-state index >= 15 is 0 Å². The second kappa shape index (κ2) is 10.4. The molecule has 0 fully saturated rings. The first-order valence-corrected chi connectivity index (χ1v) is 9.72. The van der Waals surface area contributed by atoms with Gasteiger partial charge in [-0.25, -0.2) is 9.98 Å². The maximum atomic E-state index is 6.10. The predicted octanol–water partition coefficient (Wildman–Crippen LogP) is 4.92. The fourth-order valence-corrected chi connectivity index (χ4v) is 3.40. The van der Waals surface area contributed by atoms with Gasteiger partial charge in [0.2, 0.25) is 5.89 Å². The van der Waals surface area contributed by atoms with E-state index in [0.29, 0.717) is 35.1 Å². The van der Waals surface area contributed by atoms with Crippen molar-refractivity contribution in [2.24, 2.45) is 12.0 Å². The zero-order valence-corrected chi connectivity index (χ0v) is 19.5. The number of guanidine groups is 1. The molecule has 0 aliphatic rings. The van der Waals surface area contributed by atoms with Gasteiger partial charge in [0.15, 0.2) is 5.96 Å². The summed E-state index contributed by atoms with van der Waals surface area (Å²) in [4.78, 5) is 10.0. The molecule has 3 rings (SSSR count). The first-order valence-electron chi connectivity index (χ1n) is 8.08. The largest absolute Gasteiger partial charge is 0.443 e. The lowest BCUT2D eigenvalue weighted by atomic mass is 10.4. The summed E-state index contributed by atoms with van der Waals surface area (Å²) in [5, 5.41) is 9.53. The normalized spacial score (nSPS) is 11.3. The summed E-state index contributed by atoms with van der Waals surface area (Å²) < 4.78 is 7.36. The summed E-state index contributed by atoms with van der Waals surface area (Å²) in [5.41, 5.74) is 1.74. The molecule has 0 spiro atoms. The summed E-state index contributed by atoms with van der Waals surface area (Å²) in [6.45, 7) is 3.73. The van der Waals surface area contributed by atoms with E-state index in [1.807, 2.05) is 42.1 Å². The SMILES string of the molecule is CCNC(=NCc1coc(-c2cccs2)n1)NCc1cc(Cl)c(Cl)n1C.I. The van der Waals surface area contributed by atoms with Gasteiger partial charge in [-0.2, -0.15) is 0 Å². The van der Waals surface area contributed by atoms with Crippen LogP contribution in [0.4, 0.5) is 0 Å². The number of nitrogens with zero attached hydrogens (tertiary/aromatic N) is 3. The third-order valence-corrected chi connectivity index (χ3v) is 5.38. The molecule has 0 saturated heterocycles. The van der Waals surface area contributed by atoms with Crippen molar-refractivity contribution in [2.75, 3.05) is 6.54 Å². The van der Waals surface area contributed by atoms with Crippen molar-refractivity contribution in [1.29, 1.82) is 0 Å². The van der Waals surface area contributed by atoms with Gasteiger partial charge in [0.05, 0.1) is 23.0 Å². The lowest BCUT2D eigenvalue weighted by Gasteiger charge is -2.11. The Kier molecular flexibility index (Phi) is 8.46. The summed E-state index contributed by atoms with van der Waals surface area (Å²) >= 11 is 13.7. The second-order valence-corrected chi connectivity index (χ2v) is 7.22. The number of thiophene rings is 1. The summed E-state index contributed by atoms with van der Waals surface area (Å²) in [7, 11) is 1.87. The summed E-state index contributed by atoms with van der Waals surface area (Å²) in [6.07, 6.45) is 1.64. The van der Waals surface area contributed by atoms with Crippen LogP contribution in [0.15, 0.2) is 39.3 Å². The van der Waals surface area contributed by atoms with Gasteiger partial charge in [-0.15, -0.1) is 35.3 Å². The van der Waals surface area contributed by atoms with E-state index < -0.39 is 0 Å². The van der Waals surface area contributed by atoms with E-state index in [9.17, 15) is 0 Å². The molecule has 0 amide bonds. The molecule has 0 aliphatic heterocycles. The lowest BCUT2D eigenvalue weighted by Crippen LogP contribution is -2.37. The number of rotatable bonds is 6. The number of nitrogens with one attached hydrogen (secondary N) is 2. The van der Waals surface area contributed by atoms with Crippen LogP contribution >= 0.6 is 58.5 Å². The maximum Gasteiger partial charge on any atom is 0.236 e. The minimum absolute atomic E-state index is 0. The number of aromatic nitrogens is 2. The van der Waals surface area contributed by atoms with Crippen LogP contribution in [0, 0.1) is 0 Å². The molecule has 0 aromatic carbocycles. The molecule has 146 valence electrons. The van der Waals surface area contributed by atoms with Crippen LogP contribution < -0.4 is 10.6 Å². The molecule has 27 heavy (non-hydrogen) atoms. The van der Waals surface area contributed by atoms with Crippen LogP contribution in [0.5, 0.6) is 0 Å². The van der Waals surface area contributed by atoms with Gasteiger partial charge in [-0.3, -0.25) is 0 Å². The minimum Gasteiger partial charge on any atom is -0.443 e. The van der Waals surface area contributed by atoms with Gasteiger partial charge in [0.25, 0.3) is 0 Å². The Morgan fingerprint density at radius 2 is 2.19 bits per heavy atom. The quantitative estimate of drug-likeness (QED) is 0.265. The van der Waals surface area contributed by atoms with Gasteiger partial charge >= 0.3 is 0 Å². The summed E-state index contributed by atoms with van der Waals surface area (Å²) in [6, 6.07) is 5.79. The molecule has 0 radical (unpaired) electrons. The molecule has 0 bridgehead atoms. The van der Waals surface area contributed by atoms with E-state index in [-0.39, 0.29) is 24.0 Å². The number of aliphatic imine (C=N–C) groups is 1. The van der Waals surface area contributed by atoms with Crippen molar-refractivity contribution in [3.05, 3.63) is 51.4 Å². The van der Waals surface area contributed by atoms with Crippen molar-refractivity contribution < 1.29 is 4.42 Å². The van der Waals surface area contributed by atoms with E-state index in [0.717, 1.165) is 22.8 Å². The van der Waals surface area contributed by atoms with E-state index in [1.165, 1.54) is 0 Å². The Bertz CT molecular complexity index is 891. The number of hydrogen-bond acceptors (Lipinski definition) is 4. The van der Waals surface area contributed by atoms with Gasteiger partial charge in [0, 0.05) is 19.3 Å². The van der Waals surface area contributed by atoms with Crippen LogP contribution in [0.25, 0.3) is 10.8 Å². The van der Waals surface area contributed by atoms with Crippen LogP contribution in [-0.2, 0) is 20.1 Å². The molecule has 3 aromatic rings. The van der Waals surface area contributed by atoms with Crippen LogP contribution in [0.2, 0.25) is 10.2 Å². The fourth-order valence-electron chi connectivity index (χ4n) is 2.33. The average Bonchev–Trinajstić information content (AvgIpc) is 3.36. The van der Waals surface area contributed by atoms with Crippen molar-refractivity contribution in [3.63, 3.8) is 0 Å². The number of oxazole rings is 1. The minimum atomic E-state index is 0. The zero-order valence-electron chi connectivity index (χ0n) is 14.8. The Hall–Kier alpha value is -1.23. The molecule has 0 atom stereocenters. The van der Waals surface area contributed by atoms with E-state index in [2.05, 4.69) is 20.6 Å². The predicted molar refractivity (Wildman–Crippen MR) is 122 cm³/mol. The zero-order chi connectivity index (χ0) is 18.5. The van der Waals surface area contributed by atoms with Crippen LogP contribution in [-0.4, -0.2) is 22.1 Å². The van der Waals surface area contributed by atoms with Crippen molar-refractivity contribution >= 4 is 64.5 Å². The molecular formula is C17H20Cl2IN5OS.